The molecular formula is C17H22N4. The number of aromatic nitrogens is 2. The van der Waals surface area contributed by atoms with Gasteiger partial charge in [-0.3, -0.25) is 0 Å². The number of rotatable bonds is 4. The molecule has 0 amide bonds. The van der Waals surface area contributed by atoms with E-state index in [1.807, 2.05) is 6.07 Å². The molecule has 2 unspecified atom stereocenters. The summed E-state index contributed by atoms with van der Waals surface area (Å²) in [5.74, 6) is 1.42. The van der Waals surface area contributed by atoms with Crippen molar-refractivity contribution >= 4 is 11.0 Å². The molecule has 0 saturated heterocycles. The summed E-state index contributed by atoms with van der Waals surface area (Å²) >= 11 is 0. The van der Waals surface area contributed by atoms with Gasteiger partial charge in [0.25, 0.3) is 0 Å². The summed E-state index contributed by atoms with van der Waals surface area (Å²) in [6.07, 6.45) is 4.85. The molecule has 0 aliphatic heterocycles. The maximum absolute atomic E-state index is 9.33. The van der Waals surface area contributed by atoms with Crippen molar-refractivity contribution in [2.45, 2.75) is 51.1 Å². The van der Waals surface area contributed by atoms with E-state index in [0.29, 0.717) is 5.92 Å². The molecule has 0 bridgehead atoms. The summed E-state index contributed by atoms with van der Waals surface area (Å²) in [5.41, 5.74) is 7.86. The number of nitrogens with two attached hydrogens (primary N) is 1. The first kappa shape index (κ1) is 14.1. The van der Waals surface area contributed by atoms with Crippen molar-refractivity contribution in [3.8, 4) is 6.07 Å². The largest absolute Gasteiger partial charge is 0.328 e. The first-order chi connectivity index (χ1) is 10.2. The van der Waals surface area contributed by atoms with E-state index in [9.17, 15) is 5.26 Å². The van der Waals surface area contributed by atoms with Crippen LogP contribution in [-0.4, -0.2) is 15.1 Å². The van der Waals surface area contributed by atoms with Crippen molar-refractivity contribution in [2.24, 2.45) is 11.7 Å². The minimum Gasteiger partial charge on any atom is -0.328 e. The quantitative estimate of drug-likeness (QED) is 0.937. The summed E-state index contributed by atoms with van der Waals surface area (Å²) in [5, 5.41) is 9.33. The Bertz CT molecular complexity index is 682. The molecule has 1 fully saturated rings. The number of para-hydroxylation sites is 2. The van der Waals surface area contributed by atoms with E-state index < -0.39 is 5.54 Å². The van der Waals surface area contributed by atoms with E-state index in [2.05, 4.69) is 35.8 Å². The zero-order valence-corrected chi connectivity index (χ0v) is 12.5. The molecule has 2 N–H and O–H groups in total. The predicted molar refractivity (Wildman–Crippen MR) is 83.6 cm³/mol. The molecule has 110 valence electrons. The smallest absolute Gasteiger partial charge is 0.109 e. The third-order valence-corrected chi connectivity index (χ3v) is 4.83. The Kier molecular flexibility index (Phi) is 3.69. The molecule has 2 aromatic rings. The lowest BCUT2D eigenvalue weighted by Crippen LogP contribution is -2.42. The summed E-state index contributed by atoms with van der Waals surface area (Å²) in [4.78, 5) is 4.70. The number of nitrogens with zero attached hydrogens (tertiary/aromatic N) is 3. The number of imidazole rings is 1. The standard InChI is InChI=1S/C17H22N4/c1-2-16-20-14-7-3-4-8-15(14)21(16)11-9-13-6-5-10-17(13,19)12-18/h3-4,7-8,13H,2,5-6,9-11,19H2,1H3. The van der Waals surface area contributed by atoms with Crippen LogP contribution in [0.3, 0.4) is 0 Å². The van der Waals surface area contributed by atoms with Crippen molar-refractivity contribution in [1.29, 1.82) is 5.26 Å². The van der Waals surface area contributed by atoms with E-state index in [0.717, 1.165) is 50.0 Å². The Morgan fingerprint density at radius 3 is 3.05 bits per heavy atom. The SMILES string of the molecule is CCc1nc2ccccc2n1CCC1CCCC1(N)C#N. The lowest BCUT2D eigenvalue weighted by atomic mass is 9.87. The average Bonchev–Trinajstić information content (AvgIpc) is 3.06. The maximum Gasteiger partial charge on any atom is 0.109 e. The molecule has 1 aromatic heterocycles. The third kappa shape index (κ3) is 2.43. The van der Waals surface area contributed by atoms with Crippen LogP contribution in [0.5, 0.6) is 0 Å². The Balaban J connectivity index is 1.84. The van der Waals surface area contributed by atoms with E-state index in [1.54, 1.807) is 0 Å². The van der Waals surface area contributed by atoms with Gasteiger partial charge in [-0.2, -0.15) is 5.26 Å². The van der Waals surface area contributed by atoms with Crippen molar-refractivity contribution in [2.75, 3.05) is 0 Å². The summed E-state index contributed by atoms with van der Waals surface area (Å²) < 4.78 is 2.30. The molecule has 21 heavy (non-hydrogen) atoms. The summed E-state index contributed by atoms with van der Waals surface area (Å²) in [7, 11) is 0. The fourth-order valence-electron chi connectivity index (χ4n) is 3.58. The highest BCUT2D eigenvalue weighted by molar-refractivity contribution is 5.75. The van der Waals surface area contributed by atoms with Gasteiger partial charge in [-0.15, -0.1) is 0 Å². The lowest BCUT2D eigenvalue weighted by molar-refractivity contribution is 0.353. The van der Waals surface area contributed by atoms with E-state index in [-0.39, 0.29) is 0 Å². The van der Waals surface area contributed by atoms with E-state index in [1.165, 1.54) is 5.52 Å². The predicted octanol–water partition coefficient (Wildman–Crippen LogP) is 3.01. The van der Waals surface area contributed by atoms with Crippen LogP contribution in [0.25, 0.3) is 11.0 Å². The molecule has 3 rings (SSSR count). The number of hydrogen-bond acceptors (Lipinski definition) is 3. The summed E-state index contributed by atoms with van der Waals surface area (Å²) in [6, 6.07) is 10.6. The van der Waals surface area contributed by atoms with Gasteiger partial charge in [0.2, 0.25) is 0 Å². The van der Waals surface area contributed by atoms with Crippen LogP contribution in [0.1, 0.15) is 38.4 Å². The molecule has 1 aliphatic rings. The van der Waals surface area contributed by atoms with Crippen LogP contribution in [0, 0.1) is 17.2 Å². The fraction of sp³-hybridized carbons (Fsp3) is 0.529. The molecule has 2 atom stereocenters. The maximum atomic E-state index is 9.33. The van der Waals surface area contributed by atoms with Crippen LogP contribution in [0.2, 0.25) is 0 Å². The molecule has 1 heterocycles. The van der Waals surface area contributed by atoms with Gasteiger partial charge in [0.1, 0.15) is 11.4 Å². The van der Waals surface area contributed by atoms with E-state index in [4.69, 9.17) is 10.7 Å². The molecule has 1 aromatic carbocycles. The fourth-order valence-corrected chi connectivity index (χ4v) is 3.58. The van der Waals surface area contributed by atoms with Gasteiger partial charge in [-0.1, -0.05) is 25.5 Å². The van der Waals surface area contributed by atoms with Crippen LogP contribution >= 0.6 is 0 Å². The van der Waals surface area contributed by atoms with Gasteiger partial charge in [0, 0.05) is 13.0 Å². The monoisotopic (exact) mass is 282 g/mol. The second kappa shape index (κ2) is 5.50. The van der Waals surface area contributed by atoms with Crippen LogP contribution in [-0.2, 0) is 13.0 Å². The van der Waals surface area contributed by atoms with E-state index >= 15 is 0 Å². The third-order valence-electron chi connectivity index (χ3n) is 4.83. The average molecular weight is 282 g/mol. The Morgan fingerprint density at radius 1 is 1.48 bits per heavy atom. The highest BCUT2D eigenvalue weighted by Gasteiger charge is 2.39. The molecular weight excluding hydrogens is 260 g/mol. The number of hydrogen-bond donors (Lipinski definition) is 1. The molecule has 4 heteroatoms. The number of benzene rings is 1. The normalized spacial score (nSPS) is 25.3. The Labute approximate surface area is 125 Å². The second-order valence-corrected chi connectivity index (χ2v) is 6.05. The highest BCUT2D eigenvalue weighted by Crippen LogP contribution is 2.36. The minimum atomic E-state index is -0.622. The topological polar surface area (TPSA) is 67.6 Å². The van der Waals surface area contributed by atoms with Crippen LogP contribution in [0.15, 0.2) is 24.3 Å². The van der Waals surface area contributed by atoms with Gasteiger partial charge < -0.3 is 10.3 Å². The van der Waals surface area contributed by atoms with Crippen LogP contribution < -0.4 is 5.73 Å². The zero-order valence-electron chi connectivity index (χ0n) is 12.5. The van der Waals surface area contributed by atoms with Crippen molar-refractivity contribution in [3.63, 3.8) is 0 Å². The number of aryl methyl sites for hydroxylation is 2. The molecule has 4 nitrogen and oxygen atoms in total. The van der Waals surface area contributed by atoms with Gasteiger partial charge in [0.05, 0.1) is 17.1 Å². The molecule has 0 radical (unpaired) electrons. The molecule has 0 spiro atoms. The molecule has 1 saturated carbocycles. The summed E-state index contributed by atoms with van der Waals surface area (Å²) in [6.45, 7) is 3.03. The van der Waals surface area contributed by atoms with Crippen molar-refractivity contribution < 1.29 is 0 Å². The highest BCUT2D eigenvalue weighted by atomic mass is 15.1. The van der Waals surface area contributed by atoms with Gasteiger partial charge in [-0.05, 0) is 37.3 Å². The van der Waals surface area contributed by atoms with Crippen LogP contribution in [0.4, 0.5) is 0 Å². The van der Waals surface area contributed by atoms with Crippen molar-refractivity contribution in [3.05, 3.63) is 30.1 Å². The van der Waals surface area contributed by atoms with Gasteiger partial charge >= 0.3 is 0 Å². The number of nitriles is 1. The van der Waals surface area contributed by atoms with Crippen molar-refractivity contribution in [1.82, 2.24) is 9.55 Å². The second-order valence-electron chi connectivity index (χ2n) is 6.05. The van der Waals surface area contributed by atoms with Gasteiger partial charge in [-0.25, -0.2) is 4.98 Å². The van der Waals surface area contributed by atoms with Gasteiger partial charge in [0.15, 0.2) is 0 Å². The first-order valence-electron chi connectivity index (χ1n) is 7.82. The zero-order chi connectivity index (χ0) is 14.9. The first-order valence-corrected chi connectivity index (χ1v) is 7.82. The Hall–Kier alpha value is -1.86. The Morgan fingerprint density at radius 2 is 2.29 bits per heavy atom. The minimum absolute atomic E-state index is 0.299. The lowest BCUT2D eigenvalue weighted by Gasteiger charge is -2.24. The molecule has 1 aliphatic carbocycles. The number of fused-ring (bicyclic) bond motifs is 1.